The smallest absolute Gasteiger partial charge is 0.212 e. The van der Waals surface area contributed by atoms with E-state index in [-0.39, 0.29) is 0 Å². The number of pyridine rings is 2. The van der Waals surface area contributed by atoms with Crippen LogP contribution in [-0.4, -0.2) is 70.0 Å². The standard InChI is InChI=1S/C28H31N7O2/c1-5-37-24-11-25(28-21(12-29)14-32-34(28)18-24)19(2)6-8-26(30-3)35-22-10-23(35)17-33(16-22)15-20-7-9-27(36-4)31-13-20/h6-9,11,13-14,18,22-23H,3,5,10,15-17H2,1-2,4H3/b19-6+,26-8+. The first kappa shape index (κ1) is 24.5. The molecule has 6 heterocycles. The van der Waals surface area contributed by atoms with Crippen molar-refractivity contribution in [3.8, 4) is 17.7 Å². The summed E-state index contributed by atoms with van der Waals surface area (Å²) in [5, 5.41) is 13.9. The van der Waals surface area contributed by atoms with E-state index < -0.39 is 0 Å². The minimum Gasteiger partial charge on any atom is -0.492 e. The third-order valence-corrected chi connectivity index (χ3v) is 7.03. The zero-order valence-electron chi connectivity index (χ0n) is 21.5. The number of nitrogens with zero attached hydrogens (tertiary/aromatic N) is 7. The number of methoxy groups -OCH3 is 1. The van der Waals surface area contributed by atoms with Crippen LogP contribution in [0.15, 0.2) is 59.8 Å². The molecule has 3 aromatic rings. The van der Waals surface area contributed by atoms with Gasteiger partial charge < -0.3 is 14.4 Å². The molecule has 3 aliphatic rings. The molecular formula is C28H31N7O2. The molecule has 0 saturated carbocycles. The third-order valence-electron chi connectivity index (χ3n) is 7.03. The normalized spacial score (nSPS) is 19.9. The lowest BCUT2D eigenvalue weighted by atomic mass is 9.87. The highest BCUT2D eigenvalue weighted by atomic mass is 16.5. The van der Waals surface area contributed by atoms with Crippen molar-refractivity contribution in [2.75, 3.05) is 26.8 Å². The summed E-state index contributed by atoms with van der Waals surface area (Å²) in [5.74, 6) is 2.22. The second-order valence-electron chi connectivity index (χ2n) is 9.37. The summed E-state index contributed by atoms with van der Waals surface area (Å²) in [6.45, 7) is 11.2. The lowest BCUT2D eigenvalue weighted by Gasteiger charge is -2.57. The molecule has 3 fully saturated rings. The van der Waals surface area contributed by atoms with Gasteiger partial charge >= 0.3 is 0 Å². The van der Waals surface area contributed by atoms with Crippen molar-refractivity contribution in [2.45, 2.75) is 38.9 Å². The van der Waals surface area contributed by atoms with E-state index in [2.05, 4.69) is 43.7 Å². The molecule has 6 rings (SSSR count). The number of rotatable bonds is 9. The average Bonchev–Trinajstić information content (AvgIpc) is 3.34. The van der Waals surface area contributed by atoms with Gasteiger partial charge in [0.25, 0.3) is 0 Å². The van der Waals surface area contributed by atoms with Gasteiger partial charge in [0.15, 0.2) is 0 Å². The van der Waals surface area contributed by atoms with Crippen molar-refractivity contribution in [2.24, 2.45) is 4.99 Å². The Morgan fingerprint density at radius 3 is 2.73 bits per heavy atom. The van der Waals surface area contributed by atoms with Crippen molar-refractivity contribution in [3.05, 3.63) is 71.5 Å². The monoisotopic (exact) mass is 497 g/mol. The van der Waals surface area contributed by atoms with E-state index in [0.29, 0.717) is 35.9 Å². The van der Waals surface area contributed by atoms with Crippen LogP contribution in [0.2, 0.25) is 0 Å². The fraction of sp³-hybridized carbons (Fsp3) is 0.357. The second-order valence-corrected chi connectivity index (χ2v) is 9.37. The maximum Gasteiger partial charge on any atom is 0.212 e. The number of nitriles is 1. The van der Waals surface area contributed by atoms with Gasteiger partial charge in [-0.05, 0) is 50.3 Å². The number of piperidine rings is 1. The Labute approximate surface area is 216 Å². The zero-order valence-corrected chi connectivity index (χ0v) is 21.5. The van der Waals surface area contributed by atoms with Crippen molar-refractivity contribution in [1.82, 2.24) is 24.4 Å². The Morgan fingerprint density at radius 2 is 2.08 bits per heavy atom. The van der Waals surface area contributed by atoms with Gasteiger partial charge in [0.05, 0.1) is 37.2 Å². The largest absolute Gasteiger partial charge is 0.492 e. The predicted octanol–water partition coefficient (Wildman–Crippen LogP) is 3.91. The van der Waals surface area contributed by atoms with E-state index in [0.717, 1.165) is 48.5 Å². The van der Waals surface area contributed by atoms with Crippen LogP contribution < -0.4 is 9.47 Å². The fourth-order valence-electron chi connectivity index (χ4n) is 5.32. The molecule has 2 bridgehead atoms. The summed E-state index contributed by atoms with van der Waals surface area (Å²) in [7, 11) is 1.63. The van der Waals surface area contributed by atoms with E-state index in [9.17, 15) is 5.26 Å². The molecule has 3 saturated heterocycles. The summed E-state index contributed by atoms with van der Waals surface area (Å²) in [5.41, 5.74) is 4.38. The van der Waals surface area contributed by atoms with Crippen LogP contribution in [-0.2, 0) is 6.54 Å². The van der Waals surface area contributed by atoms with Crippen molar-refractivity contribution >= 4 is 17.8 Å². The summed E-state index contributed by atoms with van der Waals surface area (Å²) in [4.78, 5) is 13.6. The highest BCUT2D eigenvalue weighted by Gasteiger charge is 2.45. The van der Waals surface area contributed by atoms with Crippen LogP contribution in [0, 0.1) is 11.3 Å². The molecule has 0 radical (unpaired) electrons. The molecule has 37 heavy (non-hydrogen) atoms. The Bertz CT molecular complexity index is 1390. The number of ether oxygens (including phenoxy) is 2. The summed E-state index contributed by atoms with van der Waals surface area (Å²) < 4.78 is 12.6. The molecule has 3 aromatic heterocycles. The Hall–Kier alpha value is -4.16. The predicted molar refractivity (Wildman–Crippen MR) is 142 cm³/mol. The molecule has 0 aromatic carbocycles. The highest BCUT2D eigenvalue weighted by Crippen LogP contribution is 2.37. The first-order chi connectivity index (χ1) is 18.0. The third kappa shape index (κ3) is 4.80. The van der Waals surface area contributed by atoms with Crippen LogP contribution in [0.25, 0.3) is 11.1 Å². The highest BCUT2D eigenvalue weighted by molar-refractivity contribution is 5.82. The first-order valence-corrected chi connectivity index (χ1v) is 12.4. The molecule has 2 atom stereocenters. The second kappa shape index (κ2) is 10.4. The number of aliphatic imine (C=N–C) groups is 1. The van der Waals surface area contributed by atoms with Crippen molar-refractivity contribution in [1.29, 1.82) is 5.26 Å². The van der Waals surface area contributed by atoms with Gasteiger partial charge in [-0.3, -0.25) is 4.90 Å². The Kier molecular flexibility index (Phi) is 6.93. The zero-order chi connectivity index (χ0) is 25.9. The van der Waals surface area contributed by atoms with Gasteiger partial charge in [0.2, 0.25) is 5.88 Å². The van der Waals surface area contributed by atoms with E-state index in [1.165, 1.54) is 5.56 Å². The topological polar surface area (TPSA) is 91.3 Å². The van der Waals surface area contributed by atoms with Crippen LogP contribution in [0.1, 0.15) is 37.0 Å². The van der Waals surface area contributed by atoms with Crippen molar-refractivity contribution in [3.63, 3.8) is 0 Å². The molecule has 9 heteroatoms. The Balaban J connectivity index is 1.34. The minimum atomic E-state index is 0.406. The quantitative estimate of drug-likeness (QED) is 0.327. The number of piperazine rings is 1. The van der Waals surface area contributed by atoms with Gasteiger partial charge in [-0.2, -0.15) is 10.4 Å². The molecule has 0 amide bonds. The molecule has 2 unspecified atom stereocenters. The minimum absolute atomic E-state index is 0.406. The molecule has 0 spiro atoms. The lowest BCUT2D eigenvalue weighted by Crippen LogP contribution is -2.67. The maximum absolute atomic E-state index is 9.59. The van der Waals surface area contributed by atoms with Crippen LogP contribution in [0.5, 0.6) is 11.6 Å². The van der Waals surface area contributed by atoms with Gasteiger partial charge in [-0.25, -0.2) is 14.5 Å². The van der Waals surface area contributed by atoms with Crippen molar-refractivity contribution < 1.29 is 9.47 Å². The van der Waals surface area contributed by atoms with Crippen LogP contribution in [0.3, 0.4) is 0 Å². The van der Waals surface area contributed by atoms with Crippen LogP contribution >= 0.6 is 0 Å². The number of fused-ring (bicyclic) bond motifs is 3. The van der Waals surface area contributed by atoms with E-state index in [1.807, 2.05) is 44.3 Å². The molecular weight excluding hydrogens is 466 g/mol. The Morgan fingerprint density at radius 1 is 1.27 bits per heavy atom. The number of aromatic nitrogens is 3. The fourth-order valence-corrected chi connectivity index (χ4v) is 5.32. The summed E-state index contributed by atoms with van der Waals surface area (Å²) >= 11 is 0. The van der Waals surface area contributed by atoms with E-state index in [1.54, 1.807) is 24.0 Å². The summed E-state index contributed by atoms with van der Waals surface area (Å²) in [6.07, 6.45) is 10.5. The number of allylic oxidation sites excluding steroid dienone is 3. The lowest BCUT2D eigenvalue weighted by molar-refractivity contribution is -0.0476. The van der Waals surface area contributed by atoms with E-state index in [4.69, 9.17) is 9.47 Å². The molecule has 0 N–H and O–H groups in total. The van der Waals surface area contributed by atoms with E-state index >= 15 is 0 Å². The number of hydrogen-bond acceptors (Lipinski definition) is 8. The maximum atomic E-state index is 9.59. The summed E-state index contributed by atoms with van der Waals surface area (Å²) in [6, 6.07) is 9.00. The molecule has 9 nitrogen and oxygen atoms in total. The molecule has 0 aliphatic carbocycles. The SMILES string of the molecule is C=N/C(=C\C=C(/C)c1cc(OCC)cn2ncc(C#N)c12)N1C2CC1CN(Cc1ccc(OC)nc1)C2. The van der Waals surface area contributed by atoms with Gasteiger partial charge in [0.1, 0.15) is 17.6 Å². The van der Waals surface area contributed by atoms with Crippen LogP contribution in [0.4, 0.5) is 0 Å². The van der Waals surface area contributed by atoms with Gasteiger partial charge in [-0.15, -0.1) is 0 Å². The molecule has 3 aliphatic heterocycles. The van der Waals surface area contributed by atoms with Gasteiger partial charge in [0, 0.05) is 49.5 Å². The first-order valence-electron chi connectivity index (χ1n) is 12.4. The molecule has 190 valence electrons. The average molecular weight is 498 g/mol. The number of hydrogen-bond donors (Lipinski definition) is 0. The van der Waals surface area contributed by atoms with Gasteiger partial charge in [-0.1, -0.05) is 12.1 Å².